The largest absolute Gasteiger partial charge is 0.302 e. The van der Waals surface area contributed by atoms with Gasteiger partial charge in [-0.15, -0.1) is 0 Å². The highest BCUT2D eigenvalue weighted by molar-refractivity contribution is 5.02. The van der Waals surface area contributed by atoms with Gasteiger partial charge in [-0.05, 0) is 6.42 Å². The quantitative estimate of drug-likeness (QED) is 0.463. The van der Waals surface area contributed by atoms with Crippen LogP contribution in [0, 0.1) is 0 Å². The van der Waals surface area contributed by atoms with Crippen molar-refractivity contribution in [2.24, 2.45) is 0 Å². The molecular weight excluding hydrogens is 112 g/mol. The minimum atomic E-state index is 0.707. The number of hydrogen-bond donors (Lipinski definition) is 1. The van der Waals surface area contributed by atoms with Gasteiger partial charge in [0.15, 0.2) is 0 Å². The van der Waals surface area contributed by atoms with Crippen LogP contribution in [0.1, 0.15) is 6.42 Å². The zero-order valence-electron chi connectivity index (χ0n) is 5.51. The van der Waals surface area contributed by atoms with E-state index in [1.807, 2.05) is 0 Å². The van der Waals surface area contributed by atoms with Crippen molar-refractivity contribution in [3.63, 3.8) is 0 Å². The van der Waals surface area contributed by atoms with Gasteiger partial charge in [0, 0.05) is 25.8 Å². The van der Waals surface area contributed by atoms with Crippen molar-refractivity contribution in [2.75, 3.05) is 19.8 Å². The zero-order chi connectivity index (χ0) is 6.10. The van der Waals surface area contributed by atoms with Crippen LogP contribution in [0.5, 0.6) is 0 Å². The second-order valence-corrected chi connectivity index (χ2v) is 2.71. The summed E-state index contributed by atoms with van der Waals surface area (Å²) in [4.78, 5) is 2.47. The van der Waals surface area contributed by atoms with Gasteiger partial charge in [0.1, 0.15) is 0 Å². The first-order valence-electron chi connectivity index (χ1n) is 3.58. The van der Waals surface area contributed by atoms with Crippen LogP contribution in [0.15, 0.2) is 12.2 Å². The van der Waals surface area contributed by atoms with Crippen molar-refractivity contribution in [3.05, 3.63) is 12.2 Å². The molecular formula is C7H12N2. The molecule has 1 saturated heterocycles. The third kappa shape index (κ3) is 0.884. The second-order valence-electron chi connectivity index (χ2n) is 2.71. The van der Waals surface area contributed by atoms with Gasteiger partial charge in [-0.25, -0.2) is 0 Å². The molecule has 2 aliphatic rings. The summed E-state index contributed by atoms with van der Waals surface area (Å²) in [5.74, 6) is 0. The molecule has 0 spiro atoms. The van der Waals surface area contributed by atoms with E-state index in [-0.39, 0.29) is 0 Å². The predicted molar refractivity (Wildman–Crippen MR) is 37.1 cm³/mol. The van der Waals surface area contributed by atoms with Crippen LogP contribution < -0.4 is 5.32 Å². The van der Waals surface area contributed by atoms with Gasteiger partial charge >= 0.3 is 0 Å². The van der Waals surface area contributed by atoms with E-state index in [2.05, 4.69) is 22.4 Å². The maximum atomic E-state index is 3.34. The molecule has 0 amide bonds. The van der Waals surface area contributed by atoms with E-state index in [1.54, 1.807) is 0 Å². The molecule has 2 heterocycles. The molecule has 1 fully saturated rings. The number of hydrogen-bond acceptors (Lipinski definition) is 2. The van der Waals surface area contributed by atoms with Crippen molar-refractivity contribution in [1.82, 2.24) is 10.2 Å². The SMILES string of the molecule is C1=CC2CNCN2CC1. The summed E-state index contributed by atoms with van der Waals surface area (Å²) in [6, 6.07) is 0.707. The van der Waals surface area contributed by atoms with Crippen molar-refractivity contribution in [1.29, 1.82) is 0 Å². The Labute approximate surface area is 55.5 Å². The smallest absolute Gasteiger partial charge is 0.0487 e. The van der Waals surface area contributed by atoms with Crippen LogP contribution in [-0.4, -0.2) is 30.7 Å². The molecule has 2 heteroatoms. The molecule has 1 N–H and O–H groups in total. The van der Waals surface area contributed by atoms with E-state index in [0.717, 1.165) is 13.2 Å². The Balaban J connectivity index is 2.10. The van der Waals surface area contributed by atoms with Crippen molar-refractivity contribution >= 4 is 0 Å². The number of nitrogens with one attached hydrogen (secondary N) is 1. The molecule has 0 aliphatic carbocycles. The Morgan fingerprint density at radius 2 is 2.56 bits per heavy atom. The number of rotatable bonds is 0. The van der Waals surface area contributed by atoms with Crippen LogP contribution in [0.4, 0.5) is 0 Å². The highest BCUT2D eigenvalue weighted by atomic mass is 15.3. The summed E-state index contributed by atoms with van der Waals surface area (Å²) in [5.41, 5.74) is 0. The minimum absolute atomic E-state index is 0.707. The van der Waals surface area contributed by atoms with Crippen LogP contribution in [0.25, 0.3) is 0 Å². The van der Waals surface area contributed by atoms with Gasteiger partial charge in [0.25, 0.3) is 0 Å². The molecule has 0 aromatic carbocycles. The normalized spacial score (nSPS) is 34.9. The molecule has 50 valence electrons. The molecule has 0 saturated carbocycles. The molecule has 0 radical (unpaired) electrons. The van der Waals surface area contributed by atoms with Crippen molar-refractivity contribution < 1.29 is 0 Å². The van der Waals surface area contributed by atoms with Gasteiger partial charge in [-0.2, -0.15) is 0 Å². The first-order chi connectivity index (χ1) is 4.47. The van der Waals surface area contributed by atoms with E-state index in [1.165, 1.54) is 13.0 Å². The Hall–Kier alpha value is -0.340. The summed E-state index contributed by atoms with van der Waals surface area (Å²) >= 11 is 0. The summed E-state index contributed by atoms with van der Waals surface area (Å²) in [5, 5.41) is 3.34. The Bertz CT molecular complexity index is 131. The zero-order valence-corrected chi connectivity index (χ0v) is 5.51. The number of nitrogens with zero attached hydrogens (tertiary/aromatic N) is 1. The maximum Gasteiger partial charge on any atom is 0.0487 e. The van der Waals surface area contributed by atoms with E-state index >= 15 is 0 Å². The van der Waals surface area contributed by atoms with Crippen molar-refractivity contribution in [2.45, 2.75) is 12.5 Å². The standard InChI is InChI=1S/C7H12N2/c1-2-4-9-6-8-5-7(9)3-1/h1,3,7-8H,2,4-6H2. The van der Waals surface area contributed by atoms with Crippen LogP contribution in [0.2, 0.25) is 0 Å². The lowest BCUT2D eigenvalue weighted by Crippen LogP contribution is -2.32. The highest BCUT2D eigenvalue weighted by Gasteiger charge is 2.22. The highest BCUT2D eigenvalue weighted by Crippen LogP contribution is 2.11. The Morgan fingerprint density at radius 3 is 3.44 bits per heavy atom. The van der Waals surface area contributed by atoms with E-state index < -0.39 is 0 Å². The average Bonchev–Trinajstić information content (AvgIpc) is 2.33. The lowest BCUT2D eigenvalue weighted by atomic mass is 10.1. The number of fused-ring (bicyclic) bond motifs is 1. The molecule has 0 aromatic rings. The van der Waals surface area contributed by atoms with Gasteiger partial charge < -0.3 is 5.32 Å². The fraction of sp³-hybridized carbons (Fsp3) is 0.714. The van der Waals surface area contributed by atoms with Crippen molar-refractivity contribution in [3.8, 4) is 0 Å². The van der Waals surface area contributed by atoms with E-state index in [4.69, 9.17) is 0 Å². The Morgan fingerprint density at radius 1 is 1.56 bits per heavy atom. The third-order valence-electron chi connectivity index (χ3n) is 2.08. The van der Waals surface area contributed by atoms with E-state index in [9.17, 15) is 0 Å². The molecule has 1 atom stereocenters. The van der Waals surface area contributed by atoms with Gasteiger partial charge in [0.05, 0.1) is 0 Å². The maximum absolute atomic E-state index is 3.34. The average molecular weight is 124 g/mol. The van der Waals surface area contributed by atoms with E-state index in [0.29, 0.717) is 6.04 Å². The molecule has 0 aromatic heterocycles. The predicted octanol–water partition coefficient (Wildman–Crippen LogP) is 0.178. The van der Waals surface area contributed by atoms with Gasteiger partial charge in [-0.1, -0.05) is 12.2 Å². The summed E-state index contributed by atoms with van der Waals surface area (Å²) in [7, 11) is 0. The van der Waals surface area contributed by atoms with Gasteiger partial charge in [-0.3, -0.25) is 4.90 Å². The monoisotopic (exact) mass is 124 g/mol. The second kappa shape index (κ2) is 2.12. The molecule has 2 rings (SSSR count). The first-order valence-corrected chi connectivity index (χ1v) is 3.58. The third-order valence-corrected chi connectivity index (χ3v) is 2.08. The lowest BCUT2D eigenvalue weighted by molar-refractivity contribution is 0.285. The van der Waals surface area contributed by atoms with Crippen LogP contribution in [0.3, 0.4) is 0 Å². The van der Waals surface area contributed by atoms with Crippen LogP contribution in [-0.2, 0) is 0 Å². The van der Waals surface area contributed by atoms with Gasteiger partial charge in [0.2, 0.25) is 0 Å². The summed E-state index contributed by atoms with van der Waals surface area (Å²) in [6.45, 7) is 3.49. The first kappa shape index (κ1) is 5.45. The van der Waals surface area contributed by atoms with Crippen LogP contribution >= 0.6 is 0 Å². The minimum Gasteiger partial charge on any atom is -0.302 e. The molecule has 2 aliphatic heterocycles. The lowest BCUT2D eigenvalue weighted by Gasteiger charge is -2.22. The summed E-state index contributed by atoms with van der Waals surface area (Å²) in [6.07, 6.45) is 5.83. The molecule has 2 nitrogen and oxygen atoms in total. The fourth-order valence-corrected chi connectivity index (χ4v) is 1.53. The topological polar surface area (TPSA) is 15.3 Å². The molecule has 0 bridgehead atoms. The molecule has 1 unspecified atom stereocenters. The molecule has 9 heavy (non-hydrogen) atoms. The fourth-order valence-electron chi connectivity index (χ4n) is 1.53. The Kier molecular flexibility index (Phi) is 1.28. The summed E-state index contributed by atoms with van der Waals surface area (Å²) < 4.78 is 0.